The standard InChI is InChI=1S/C35H54F4N4O6/c1-7-9-27(45)21-41-13-12-40(20-26(6)44)16-18-43(19-17-42(15-14-41)22-30(47)48-23-24(3)4)25(5)10-11-29(46)49-35-32(37)28(8-2)31(36)33(38)34(35)39/h24-25H,7-23H2,1-6H3. The minimum atomic E-state index is -1.91. The van der Waals surface area contributed by atoms with Gasteiger partial charge in [-0.05, 0) is 39.0 Å². The van der Waals surface area contributed by atoms with Gasteiger partial charge in [0.15, 0.2) is 17.5 Å². The lowest BCUT2D eigenvalue weighted by Crippen LogP contribution is -2.50. The van der Waals surface area contributed by atoms with Gasteiger partial charge in [0.1, 0.15) is 11.6 Å². The van der Waals surface area contributed by atoms with Crippen molar-refractivity contribution in [2.75, 3.05) is 78.6 Å². The molecule has 0 aromatic heterocycles. The fraction of sp³-hybridized carbons (Fsp3) is 0.714. The molecule has 0 bridgehead atoms. The van der Waals surface area contributed by atoms with Crippen LogP contribution in [0.2, 0.25) is 0 Å². The fourth-order valence-electron chi connectivity index (χ4n) is 5.61. The minimum Gasteiger partial charge on any atom is -0.464 e. The third kappa shape index (κ3) is 14.4. The molecule has 1 atom stereocenters. The summed E-state index contributed by atoms with van der Waals surface area (Å²) in [7, 11) is 0. The van der Waals surface area contributed by atoms with Crippen molar-refractivity contribution in [2.45, 2.75) is 79.7 Å². The van der Waals surface area contributed by atoms with Crippen molar-refractivity contribution in [1.29, 1.82) is 0 Å². The van der Waals surface area contributed by atoms with Gasteiger partial charge in [0.2, 0.25) is 11.6 Å². The maximum Gasteiger partial charge on any atom is 0.320 e. The van der Waals surface area contributed by atoms with E-state index in [1.807, 2.05) is 37.5 Å². The molecule has 0 amide bonds. The number of ether oxygens (including phenoxy) is 2. The van der Waals surface area contributed by atoms with Gasteiger partial charge in [0, 0.05) is 76.8 Å². The second-order valence-corrected chi connectivity index (χ2v) is 13.2. The Morgan fingerprint density at radius 2 is 1.24 bits per heavy atom. The number of hydrogen-bond acceptors (Lipinski definition) is 10. The van der Waals surface area contributed by atoms with Crippen LogP contribution in [0.1, 0.15) is 72.8 Å². The number of esters is 2. The molecule has 1 aromatic carbocycles. The van der Waals surface area contributed by atoms with E-state index in [1.54, 1.807) is 0 Å². The number of nitrogens with zero attached hydrogens (tertiary/aromatic N) is 4. The van der Waals surface area contributed by atoms with Crippen molar-refractivity contribution in [3.8, 4) is 5.75 Å². The first-order chi connectivity index (χ1) is 23.2. The van der Waals surface area contributed by atoms with Crippen molar-refractivity contribution in [1.82, 2.24) is 19.6 Å². The van der Waals surface area contributed by atoms with Crippen molar-refractivity contribution < 1.29 is 46.2 Å². The Hall–Kier alpha value is -2.94. The van der Waals surface area contributed by atoms with Crippen LogP contribution in [-0.4, -0.2) is 128 Å². The summed E-state index contributed by atoms with van der Waals surface area (Å²) < 4.78 is 67.3. The van der Waals surface area contributed by atoms with Gasteiger partial charge in [0.25, 0.3) is 0 Å². The summed E-state index contributed by atoms with van der Waals surface area (Å²) in [6, 6.07) is -0.251. The molecule has 0 N–H and O–H groups in total. The van der Waals surface area contributed by atoms with Gasteiger partial charge in [0.05, 0.1) is 26.2 Å². The number of rotatable bonds is 16. The molecule has 1 aliphatic heterocycles. The number of Topliss-reactive ketones (excluding diaryl/α,β-unsaturated/α-hetero) is 2. The topological polar surface area (TPSA) is 99.7 Å². The number of benzene rings is 1. The van der Waals surface area contributed by atoms with Gasteiger partial charge in [-0.25, -0.2) is 13.2 Å². The predicted octanol–water partition coefficient (Wildman–Crippen LogP) is 4.26. The molecule has 1 aliphatic rings. The van der Waals surface area contributed by atoms with Gasteiger partial charge in [-0.3, -0.25) is 38.8 Å². The maximum atomic E-state index is 14.7. The van der Waals surface area contributed by atoms with Crippen molar-refractivity contribution in [3.63, 3.8) is 0 Å². The molecule has 1 fully saturated rings. The Morgan fingerprint density at radius 3 is 1.78 bits per heavy atom. The Bertz CT molecular complexity index is 1270. The lowest BCUT2D eigenvalue weighted by atomic mass is 10.1. The lowest BCUT2D eigenvalue weighted by molar-refractivity contribution is -0.146. The molecule has 10 nitrogen and oxygen atoms in total. The molecule has 49 heavy (non-hydrogen) atoms. The minimum absolute atomic E-state index is 0.00272. The van der Waals surface area contributed by atoms with E-state index in [2.05, 4.69) is 9.80 Å². The Kier molecular flexibility index (Phi) is 18.4. The summed E-state index contributed by atoms with van der Waals surface area (Å²) in [5, 5.41) is 0. The summed E-state index contributed by atoms with van der Waals surface area (Å²) in [4.78, 5) is 58.3. The van der Waals surface area contributed by atoms with Gasteiger partial charge in [-0.2, -0.15) is 4.39 Å². The molecule has 1 saturated heterocycles. The third-order valence-corrected chi connectivity index (χ3v) is 8.45. The van der Waals surface area contributed by atoms with E-state index < -0.39 is 40.6 Å². The zero-order valence-corrected chi connectivity index (χ0v) is 29.9. The Balaban J connectivity index is 2.22. The third-order valence-electron chi connectivity index (χ3n) is 8.45. The normalized spacial score (nSPS) is 17.0. The number of carbonyl (C=O) groups excluding carboxylic acids is 4. The SMILES string of the molecule is CCCC(=O)CN1CCN(CC(C)=O)CCN(C(C)CCC(=O)Oc2c(F)c(F)c(F)c(CC)c2F)CCN(CC(=O)OCC(C)C)CC1. The lowest BCUT2D eigenvalue weighted by Gasteiger charge is -2.36. The molecule has 14 heteroatoms. The highest BCUT2D eigenvalue weighted by molar-refractivity contribution is 5.80. The van der Waals surface area contributed by atoms with E-state index in [0.717, 1.165) is 6.42 Å². The highest BCUT2D eigenvalue weighted by atomic mass is 19.2. The van der Waals surface area contributed by atoms with E-state index in [1.165, 1.54) is 13.8 Å². The van der Waals surface area contributed by atoms with Crippen LogP contribution >= 0.6 is 0 Å². The smallest absolute Gasteiger partial charge is 0.320 e. The molecule has 0 radical (unpaired) electrons. The van der Waals surface area contributed by atoms with Crippen LogP contribution in [0.3, 0.4) is 0 Å². The average molecular weight is 703 g/mol. The van der Waals surface area contributed by atoms with E-state index in [0.29, 0.717) is 65.4 Å². The van der Waals surface area contributed by atoms with Gasteiger partial charge < -0.3 is 9.47 Å². The van der Waals surface area contributed by atoms with E-state index >= 15 is 0 Å². The molecule has 0 aliphatic carbocycles. The van der Waals surface area contributed by atoms with Crippen LogP contribution in [0, 0.1) is 29.2 Å². The molecule has 0 spiro atoms. The molecule has 2 rings (SSSR count). The molecule has 1 heterocycles. The molecule has 278 valence electrons. The Morgan fingerprint density at radius 1 is 0.694 bits per heavy atom. The van der Waals surface area contributed by atoms with Crippen LogP contribution in [0.25, 0.3) is 0 Å². The summed E-state index contributed by atoms with van der Waals surface area (Å²) in [5.41, 5.74) is -0.710. The average Bonchev–Trinajstić information content (AvgIpc) is 3.03. The van der Waals surface area contributed by atoms with Crippen LogP contribution < -0.4 is 4.74 Å². The molecular formula is C35H54F4N4O6. The molecule has 1 aromatic rings. The van der Waals surface area contributed by atoms with Crippen molar-refractivity contribution in [2.24, 2.45) is 5.92 Å². The number of carbonyl (C=O) groups is 4. The van der Waals surface area contributed by atoms with Gasteiger partial charge in [-0.15, -0.1) is 0 Å². The largest absolute Gasteiger partial charge is 0.464 e. The second kappa shape index (κ2) is 21.3. The quantitative estimate of drug-likeness (QED) is 0.0818. The predicted molar refractivity (Wildman–Crippen MR) is 177 cm³/mol. The first-order valence-electron chi connectivity index (χ1n) is 17.3. The highest BCUT2D eigenvalue weighted by Crippen LogP contribution is 2.31. The van der Waals surface area contributed by atoms with Crippen molar-refractivity contribution >= 4 is 23.5 Å². The first kappa shape index (κ1) is 42.2. The highest BCUT2D eigenvalue weighted by Gasteiger charge is 2.28. The van der Waals surface area contributed by atoms with Crippen molar-refractivity contribution in [3.05, 3.63) is 28.8 Å². The van der Waals surface area contributed by atoms with Crippen LogP contribution in [-0.2, 0) is 30.3 Å². The van der Waals surface area contributed by atoms with E-state index in [9.17, 15) is 36.7 Å². The summed E-state index contributed by atoms with van der Waals surface area (Å²) in [6.45, 7) is 15.5. The fourth-order valence-corrected chi connectivity index (χ4v) is 5.61. The number of ketones is 2. The van der Waals surface area contributed by atoms with E-state index in [4.69, 9.17) is 9.47 Å². The summed E-state index contributed by atoms with van der Waals surface area (Å²) >= 11 is 0. The van der Waals surface area contributed by atoms with E-state index in [-0.39, 0.29) is 68.4 Å². The number of halogens is 4. The van der Waals surface area contributed by atoms with Crippen LogP contribution in [0.15, 0.2) is 0 Å². The first-order valence-corrected chi connectivity index (χ1v) is 17.3. The monoisotopic (exact) mass is 702 g/mol. The zero-order chi connectivity index (χ0) is 36.7. The summed E-state index contributed by atoms with van der Waals surface area (Å²) in [6.07, 6.45) is 0.904. The Labute approximate surface area is 288 Å². The van der Waals surface area contributed by atoms with Crippen LogP contribution in [0.5, 0.6) is 5.75 Å². The molecule has 0 saturated carbocycles. The maximum absolute atomic E-state index is 14.7. The zero-order valence-electron chi connectivity index (χ0n) is 29.9. The van der Waals surface area contributed by atoms with Gasteiger partial charge in [-0.1, -0.05) is 27.7 Å². The summed E-state index contributed by atoms with van der Waals surface area (Å²) in [5.74, 6) is -9.21. The van der Waals surface area contributed by atoms with Crippen LogP contribution in [0.4, 0.5) is 17.6 Å². The second-order valence-electron chi connectivity index (χ2n) is 13.2. The van der Waals surface area contributed by atoms with Gasteiger partial charge >= 0.3 is 11.9 Å². The molecule has 1 unspecified atom stereocenters. The molecular weight excluding hydrogens is 648 g/mol. The number of hydrogen-bond donors (Lipinski definition) is 0.